The molecule has 0 unspecified atom stereocenters. The number of hydrogen-bond acceptors (Lipinski definition) is 6. The molecule has 138 valence electrons. The molecule has 1 N–H and O–H groups in total. The van der Waals surface area contributed by atoms with E-state index in [1.165, 1.54) is 6.33 Å². The molecule has 0 radical (unpaired) electrons. The number of carbonyl (C=O) groups excluding carboxylic acids is 1. The van der Waals surface area contributed by atoms with Crippen LogP contribution in [0.3, 0.4) is 0 Å². The molecular formula is C15H23N5O4S. The Kier molecular flexibility index (Phi) is 5.50. The highest BCUT2D eigenvalue weighted by Gasteiger charge is 2.37. The van der Waals surface area contributed by atoms with Crippen molar-refractivity contribution in [2.45, 2.75) is 31.9 Å². The van der Waals surface area contributed by atoms with Gasteiger partial charge >= 0.3 is 6.03 Å². The average molecular weight is 369 g/mol. The van der Waals surface area contributed by atoms with Gasteiger partial charge in [0, 0.05) is 38.9 Å². The van der Waals surface area contributed by atoms with Crippen LogP contribution in [-0.4, -0.2) is 72.2 Å². The second-order valence-corrected chi connectivity index (χ2v) is 8.32. The molecular weight excluding hydrogens is 346 g/mol. The number of nitrogens with zero attached hydrogens (tertiary/aromatic N) is 4. The molecule has 1 atom stereocenters. The SMILES string of the molecule is COCc1cc(NC(=O)N2CCC[C@@H](N3CCCS3(=O)=O)C2)ncn1. The van der Waals surface area contributed by atoms with E-state index in [1.807, 2.05) is 0 Å². The van der Waals surface area contributed by atoms with Gasteiger partial charge in [0.25, 0.3) is 0 Å². The fraction of sp³-hybridized carbons (Fsp3) is 0.667. The lowest BCUT2D eigenvalue weighted by molar-refractivity contribution is 0.163. The van der Waals surface area contributed by atoms with E-state index in [0.29, 0.717) is 44.2 Å². The summed E-state index contributed by atoms with van der Waals surface area (Å²) in [6.07, 6.45) is 3.60. The van der Waals surface area contributed by atoms with Crippen molar-refractivity contribution < 1.29 is 17.9 Å². The van der Waals surface area contributed by atoms with E-state index in [2.05, 4.69) is 15.3 Å². The Labute approximate surface area is 147 Å². The maximum absolute atomic E-state index is 12.5. The van der Waals surface area contributed by atoms with E-state index in [0.717, 1.165) is 12.8 Å². The molecule has 2 saturated heterocycles. The van der Waals surface area contributed by atoms with Crippen LogP contribution in [0.5, 0.6) is 0 Å². The summed E-state index contributed by atoms with van der Waals surface area (Å²) in [6.45, 7) is 1.89. The van der Waals surface area contributed by atoms with Gasteiger partial charge in [-0.05, 0) is 19.3 Å². The number of carbonyl (C=O) groups is 1. The normalized spacial score (nSPS) is 23.6. The molecule has 2 aliphatic heterocycles. The summed E-state index contributed by atoms with van der Waals surface area (Å²) >= 11 is 0. The molecule has 25 heavy (non-hydrogen) atoms. The van der Waals surface area contributed by atoms with Gasteiger partial charge in [-0.15, -0.1) is 0 Å². The summed E-state index contributed by atoms with van der Waals surface area (Å²) in [5.41, 5.74) is 0.674. The molecule has 0 aromatic carbocycles. The van der Waals surface area contributed by atoms with Crippen LogP contribution in [0.15, 0.2) is 12.4 Å². The zero-order valence-corrected chi connectivity index (χ0v) is 15.0. The Morgan fingerprint density at radius 3 is 2.92 bits per heavy atom. The van der Waals surface area contributed by atoms with Gasteiger partial charge in [-0.2, -0.15) is 4.31 Å². The van der Waals surface area contributed by atoms with Crippen LogP contribution in [0.25, 0.3) is 0 Å². The number of methoxy groups -OCH3 is 1. The first-order valence-electron chi connectivity index (χ1n) is 8.35. The lowest BCUT2D eigenvalue weighted by Crippen LogP contribution is -2.51. The first kappa shape index (κ1) is 18.0. The molecule has 0 spiro atoms. The number of nitrogens with one attached hydrogen (secondary N) is 1. The van der Waals surface area contributed by atoms with Crippen molar-refractivity contribution in [3.63, 3.8) is 0 Å². The summed E-state index contributed by atoms with van der Waals surface area (Å²) in [6, 6.07) is 1.25. The molecule has 2 amide bonds. The number of aromatic nitrogens is 2. The smallest absolute Gasteiger partial charge is 0.323 e. The number of anilines is 1. The Hall–Kier alpha value is -1.78. The summed E-state index contributed by atoms with van der Waals surface area (Å²) in [4.78, 5) is 22.3. The Morgan fingerprint density at radius 2 is 2.20 bits per heavy atom. The van der Waals surface area contributed by atoms with Gasteiger partial charge in [-0.25, -0.2) is 23.2 Å². The Morgan fingerprint density at radius 1 is 1.36 bits per heavy atom. The van der Waals surface area contributed by atoms with Crippen molar-refractivity contribution in [3.05, 3.63) is 18.1 Å². The van der Waals surface area contributed by atoms with E-state index < -0.39 is 10.0 Å². The molecule has 1 aromatic heterocycles. The van der Waals surface area contributed by atoms with Gasteiger partial charge in [0.2, 0.25) is 10.0 Å². The van der Waals surface area contributed by atoms with Crippen LogP contribution in [0.2, 0.25) is 0 Å². The maximum Gasteiger partial charge on any atom is 0.323 e. The lowest BCUT2D eigenvalue weighted by atomic mass is 10.1. The fourth-order valence-corrected chi connectivity index (χ4v) is 5.09. The summed E-state index contributed by atoms with van der Waals surface area (Å²) in [7, 11) is -1.60. The van der Waals surface area contributed by atoms with Crippen LogP contribution in [0.4, 0.5) is 10.6 Å². The number of likely N-dealkylation sites (tertiary alicyclic amines) is 1. The van der Waals surface area contributed by atoms with Crippen molar-refractivity contribution in [1.82, 2.24) is 19.2 Å². The zero-order valence-electron chi connectivity index (χ0n) is 14.2. The standard InChI is InChI=1S/C15H23N5O4S/c1-24-10-12-8-14(17-11-16-12)18-15(21)19-5-2-4-13(9-19)20-6-3-7-25(20,22)23/h8,11,13H,2-7,9-10H2,1H3,(H,16,17,18,21)/t13-/m1/s1. The van der Waals surface area contributed by atoms with E-state index in [9.17, 15) is 13.2 Å². The highest BCUT2D eigenvalue weighted by molar-refractivity contribution is 7.89. The van der Waals surface area contributed by atoms with E-state index in [4.69, 9.17) is 4.74 Å². The predicted molar refractivity (Wildman–Crippen MR) is 91.5 cm³/mol. The number of urea groups is 1. The van der Waals surface area contributed by atoms with Gasteiger partial charge in [0.1, 0.15) is 12.1 Å². The van der Waals surface area contributed by atoms with Crippen LogP contribution >= 0.6 is 0 Å². The first-order chi connectivity index (χ1) is 12.0. The summed E-state index contributed by atoms with van der Waals surface area (Å²) in [5.74, 6) is 0.613. The minimum atomic E-state index is -3.17. The Bertz CT molecular complexity index is 726. The van der Waals surface area contributed by atoms with Gasteiger partial charge in [0.15, 0.2) is 0 Å². The lowest BCUT2D eigenvalue weighted by Gasteiger charge is -2.36. The van der Waals surface area contributed by atoms with Crippen molar-refractivity contribution >= 4 is 21.9 Å². The van der Waals surface area contributed by atoms with Crippen LogP contribution in [-0.2, 0) is 21.4 Å². The molecule has 2 fully saturated rings. The third-order valence-electron chi connectivity index (χ3n) is 4.48. The second-order valence-electron chi connectivity index (χ2n) is 6.28. The molecule has 0 aliphatic carbocycles. The second kappa shape index (κ2) is 7.63. The van der Waals surface area contributed by atoms with Gasteiger partial charge in [0.05, 0.1) is 18.1 Å². The largest absolute Gasteiger partial charge is 0.378 e. The van der Waals surface area contributed by atoms with Crippen molar-refractivity contribution in [1.29, 1.82) is 0 Å². The number of piperidine rings is 1. The van der Waals surface area contributed by atoms with Crippen LogP contribution in [0, 0.1) is 0 Å². The number of rotatable bonds is 4. The minimum absolute atomic E-state index is 0.138. The zero-order chi connectivity index (χ0) is 17.9. The monoisotopic (exact) mass is 369 g/mol. The van der Waals surface area contributed by atoms with E-state index >= 15 is 0 Å². The highest BCUT2D eigenvalue weighted by Crippen LogP contribution is 2.24. The number of hydrogen-bond donors (Lipinski definition) is 1. The molecule has 3 heterocycles. The van der Waals surface area contributed by atoms with Gasteiger partial charge < -0.3 is 9.64 Å². The van der Waals surface area contributed by atoms with Gasteiger partial charge in [-0.1, -0.05) is 0 Å². The fourth-order valence-electron chi connectivity index (χ4n) is 3.32. The van der Waals surface area contributed by atoms with E-state index in [-0.39, 0.29) is 17.8 Å². The van der Waals surface area contributed by atoms with E-state index in [1.54, 1.807) is 22.4 Å². The third kappa shape index (κ3) is 4.25. The average Bonchev–Trinajstić information content (AvgIpc) is 2.95. The molecule has 2 aliphatic rings. The van der Waals surface area contributed by atoms with Crippen molar-refractivity contribution in [3.8, 4) is 0 Å². The van der Waals surface area contributed by atoms with Gasteiger partial charge in [-0.3, -0.25) is 5.32 Å². The predicted octanol–water partition coefficient (Wildman–Crippen LogP) is 0.655. The topological polar surface area (TPSA) is 105 Å². The summed E-state index contributed by atoms with van der Waals surface area (Å²) < 4.78 is 30.8. The minimum Gasteiger partial charge on any atom is -0.378 e. The molecule has 10 heteroatoms. The molecule has 3 rings (SSSR count). The number of amides is 2. The maximum atomic E-state index is 12.5. The van der Waals surface area contributed by atoms with Crippen molar-refractivity contribution in [2.24, 2.45) is 0 Å². The number of ether oxygens (including phenoxy) is 1. The molecule has 0 saturated carbocycles. The highest BCUT2D eigenvalue weighted by atomic mass is 32.2. The molecule has 0 bridgehead atoms. The van der Waals surface area contributed by atoms with Crippen LogP contribution < -0.4 is 5.32 Å². The summed E-state index contributed by atoms with van der Waals surface area (Å²) in [5, 5.41) is 2.75. The Balaban J connectivity index is 1.63. The van der Waals surface area contributed by atoms with Crippen molar-refractivity contribution in [2.75, 3.05) is 37.8 Å². The van der Waals surface area contributed by atoms with Crippen LogP contribution in [0.1, 0.15) is 25.0 Å². The first-order valence-corrected chi connectivity index (χ1v) is 9.96. The third-order valence-corrected chi connectivity index (χ3v) is 6.48. The number of sulfonamides is 1. The quantitative estimate of drug-likeness (QED) is 0.836. The molecule has 1 aromatic rings. The molecule has 9 nitrogen and oxygen atoms in total.